The van der Waals surface area contributed by atoms with E-state index < -0.39 is 5.82 Å². The van der Waals surface area contributed by atoms with Gasteiger partial charge in [0, 0.05) is 55.0 Å². The number of nitrogens with one attached hydrogen (secondary N) is 1. The van der Waals surface area contributed by atoms with Crippen LogP contribution < -0.4 is 10.2 Å². The normalized spacial score (nSPS) is 15.2. The molecule has 1 fully saturated rings. The predicted molar refractivity (Wildman–Crippen MR) is 151 cm³/mol. The van der Waals surface area contributed by atoms with E-state index in [1.807, 2.05) is 32.2 Å². The predicted octanol–water partition coefficient (Wildman–Crippen LogP) is 4.72. The van der Waals surface area contributed by atoms with E-state index >= 15 is 4.39 Å². The molecule has 1 atom stereocenters. The van der Waals surface area contributed by atoms with Crippen LogP contribution in [0.5, 0.6) is 0 Å². The minimum Gasteiger partial charge on any atom is -0.383 e. The molecule has 4 aromatic rings. The highest BCUT2D eigenvalue weighted by molar-refractivity contribution is 6.10. The zero-order valence-corrected chi connectivity index (χ0v) is 23.2. The van der Waals surface area contributed by atoms with Crippen molar-refractivity contribution in [2.24, 2.45) is 7.05 Å². The summed E-state index contributed by atoms with van der Waals surface area (Å²) < 4.78 is 22.2. The molecule has 41 heavy (non-hydrogen) atoms. The molecule has 2 aromatic carbocycles. The van der Waals surface area contributed by atoms with Crippen LogP contribution in [0.1, 0.15) is 58.4 Å². The first kappa shape index (κ1) is 26.7. The average molecular weight is 552 g/mol. The van der Waals surface area contributed by atoms with Crippen molar-refractivity contribution in [1.82, 2.24) is 25.1 Å². The number of rotatable bonds is 9. The number of aryl methyl sites for hydroxylation is 1. The number of benzene rings is 2. The van der Waals surface area contributed by atoms with Crippen LogP contribution in [-0.2, 0) is 24.9 Å². The lowest BCUT2D eigenvalue weighted by molar-refractivity contribution is 0.0995. The average Bonchev–Trinajstić information content (AvgIpc) is 3.66. The summed E-state index contributed by atoms with van der Waals surface area (Å²) in [4.78, 5) is 20.1. The molecule has 1 amide bonds. The number of nitrogens with zero attached hydrogens (tertiary/aromatic N) is 6. The van der Waals surface area contributed by atoms with Gasteiger partial charge in [-0.05, 0) is 72.9 Å². The number of carbonyl (C=O) groups excluding carboxylic acids is 1. The number of hydrogen-bond donors (Lipinski definition) is 1. The second-order valence-corrected chi connectivity index (χ2v) is 10.8. The van der Waals surface area contributed by atoms with Crippen LogP contribution >= 0.6 is 0 Å². The Balaban J connectivity index is 1.38. The summed E-state index contributed by atoms with van der Waals surface area (Å²) >= 11 is 0. The first-order valence-corrected chi connectivity index (χ1v) is 13.6. The van der Waals surface area contributed by atoms with Gasteiger partial charge in [-0.1, -0.05) is 6.07 Å². The molecule has 2 aromatic heterocycles. The van der Waals surface area contributed by atoms with Crippen LogP contribution in [0.2, 0.25) is 0 Å². The number of carbonyl (C=O) groups is 1. The largest absolute Gasteiger partial charge is 0.383 e. The molecule has 1 aliphatic heterocycles. The number of hydrogen-bond acceptors (Lipinski definition) is 7. The fourth-order valence-electron chi connectivity index (χ4n) is 5.30. The van der Waals surface area contributed by atoms with E-state index in [2.05, 4.69) is 21.6 Å². The van der Waals surface area contributed by atoms with Crippen LogP contribution in [0.4, 0.5) is 10.2 Å². The lowest BCUT2D eigenvalue weighted by Crippen LogP contribution is -2.29. The summed E-state index contributed by atoms with van der Waals surface area (Å²) in [6, 6.07) is 14.9. The number of aromatic nitrogens is 4. The zero-order valence-electron chi connectivity index (χ0n) is 23.2. The van der Waals surface area contributed by atoms with E-state index in [1.54, 1.807) is 41.1 Å². The van der Waals surface area contributed by atoms with Gasteiger partial charge in [-0.15, -0.1) is 10.2 Å². The minimum absolute atomic E-state index is 0.0879. The Bertz CT molecular complexity index is 1690. The van der Waals surface area contributed by atoms with Crippen LogP contribution in [0.3, 0.4) is 0 Å². The van der Waals surface area contributed by atoms with Gasteiger partial charge in [0.05, 0.1) is 24.8 Å². The van der Waals surface area contributed by atoms with Crippen molar-refractivity contribution in [3.05, 3.63) is 82.6 Å². The van der Waals surface area contributed by atoms with Crippen molar-refractivity contribution in [1.29, 1.82) is 5.26 Å². The van der Waals surface area contributed by atoms with Crippen molar-refractivity contribution < 1.29 is 13.9 Å². The topological polar surface area (TPSA) is 109 Å². The molecule has 10 heteroatoms. The molecule has 9 nitrogen and oxygen atoms in total. The zero-order chi connectivity index (χ0) is 28.7. The Morgan fingerprint density at radius 2 is 2.00 bits per heavy atom. The van der Waals surface area contributed by atoms with Crippen molar-refractivity contribution >= 4 is 11.7 Å². The van der Waals surface area contributed by atoms with E-state index in [0.29, 0.717) is 53.0 Å². The molecule has 208 valence electrons. The van der Waals surface area contributed by atoms with Gasteiger partial charge in [0.2, 0.25) is 0 Å². The van der Waals surface area contributed by atoms with Crippen LogP contribution in [0, 0.1) is 17.1 Å². The highest BCUT2D eigenvalue weighted by atomic mass is 19.1. The van der Waals surface area contributed by atoms with Gasteiger partial charge in [0.1, 0.15) is 18.0 Å². The molecule has 6 rings (SSSR count). The Morgan fingerprint density at radius 3 is 2.71 bits per heavy atom. The van der Waals surface area contributed by atoms with Crippen molar-refractivity contribution in [3.63, 3.8) is 0 Å². The summed E-state index contributed by atoms with van der Waals surface area (Å²) in [6.07, 6.45) is 3.67. The quantitative estimate of drug-likeness (QED) is 0.321. The highest BCUT2D eigenvalue weighted by Gasteiger charge is 2.34. The molecule has 3 heterocycles. The molecule has 1 saturated carbocycles. The van der Waals surface area contributed by atoms with Crippen molar-refractivity contribution in [2.75, 3.05) is 18.6 Å². The lowest BCUT2D eigenvalue weighted by Gasteiger charge is -2.18. The standard InChI is InChI=1S/C31H30FN7O2/c1-18(16-41-3)34-14-20-9-25-26(27(32)10-20)15-39(31(25)40)29-12-22(11-28(36-29)21-5-6-21)23-7-4-19(13-33)8-24(23)30-37-35-17-38(30)2/h4,7-12,17-18,21,34H,5-6,14-16H2,1-3H3/t18-/m1/s1. The second kappa shape index (κ2) is 10.8. The van der Waals surface area contributed by atoms with E-state index in [1.165, 1.54) is 6.07 Å². The Labute approximate surface area is 237 Å². The number of fused-ring (bicyclic) bond motifs is 1. The lowest BCUT2D eigenvalue weighted by atomic mass is 9.96. The number of halogens is 1. The first-order chi connectivity index (χ1) is 19.9. The van der Waals surface area contributed by atoms with Gasteiger partial charge >= 0.3 is 0 Å². The molecular weight excluding hydrogens is 521 g/mol. The molecule has 0 unspecified atom stereocenters. The van der Waals surface area contributed by atoms with E-state index in [4.69, 9.17) is 9.72 Å². The van der Waals surface area contributed by atoms with E-state index in [9.17, 15) is 10.1 Å². The maximum atomic E-state index is 15.3. The Kier molecular flexibility index (Phi) is 7.07. The number of nitriles is 1. The summed E-state index contributed by atoms with van der Waals surface area (Å²) in [7, 11) is 3.48. The van der Waals surface area contributed by atoms with Gasteiger partial charge < -0.3 is 14.6 Å². The maximum Gasteiger partial charge on any atom is 0.260 e. The first-order valence-electron chi connectivity index (χ1n) is 13.6. The van der Waals surface area contributed by atoms with Gasteiger partial charge in [-0.25, -0.2) is 9.37 Å². The number of anilines is 1. The highest BCUT2D eigenvalue weighted by Crippen LogP contribution is 2.43. The summed E-state index contributed by atoms with van der Waals surface area (Å²) in [5, 5.41) is 21.2. The SMILES string of the molecule is COC[C@@H](C)NCc1cc(F)c2c(c1)C(=O)N(c1cc(-c3ccc(C#N)cc3-c3nncn3C)cc(C3CC3)n1)C2. The molecule has 0 saturated heterocycles. The molecule has 0 bridgehead atoms. The van der Waals surface area contributed by atoms with Crippen LogP contribution in [0.15, 0.2) is 48.8 Å². The number of pyridine rings is 1. The Morgan fingerprint density at radius 1 is 1.17 bits per heavy atom. The molecular formula is C31H30FN7O2. The summed E-state index contributed by atoms with van der Waals surface area (Å²) in [5.74, 6) is 0.743. The maximum absolute atomic E-state index is 15.3. The molecule has 1 aliphatic carbocycles. The number of methoxy groups -OCH3 is 1. The van der Waals surface area contributed by atoms with Crippen molar-refractivity contribution in [2.45, 2.75) is 44.8 Å². The van der Waals surface area contributed by atoms with Gasteiger partial charge in [-0.3, -0.25) is 9.69 Å². The number of ether oxygens (including phenoxy) is 1. The van der Waals surface area contributed by atoms with Gasteiger partial charge in [-0.2, -0.15) is 5.26 Å². The molecule has 0 spiro atoms. The third kappa shape index (κ3) is 5.22. The second-order valence-electron chi connectivity index (χ2n) is 10.8. The fourth-order valence-corrected chi connectivity index (χ4v) is 5.30. The van der Waals surface area contributed by atoms with E-state index in [-0.39, 0.29) is 18.5 Å². The smallest absolute Gasteiger partial charge is 0.260 e. The number of amides is 1. The Hall–Kier alpha value is -4.46. The van der Waals surface area contributed by atoms with E-state index in [0.717, 1.165) is 35.2 Å². The van der Waals surface area contributed by atoms with Gasteiger partial charge in [0.15, 0.2) is 5.82 Å². The third-order valence-corrected chi connectivity index (χ3v) is 7.63. The third-order valence-electron chi connectivity index (χ3n) is 7.63. The monoisotopic (exact) mass is 551 g/mol. The minimum atomic E-state index is -0.398. The molecule has 2 aliphatic rings. The van der Waals surface area contributed by atoms with Gasteiger partial charge in [0.25, 0.3) is 5.91 Å². The summed E-state index contributed by atoms with van der Waals surface area (Å²) in [6.45, 7) is 3.05. The molecule has 0 radical (unpaired) electrons. The van der Waals surface area contributed by atoms with Crippen molar-refractivity contribution in [3.8, 4) is 28.6 Å². The fraction of sp³-hybridized carbons (Fsp3) is 0.323. The molecule has 1 N–H and O–H groups in total. The van der Waals surface area contributed by atoms with Crippen LogP contribution in [-0.4, -0.2) is 45.4 Å². The van der Waals surface area contributed by atoms with Crippen LogP contribution in [0.25, 0.3) is 22.5 Å². The summed E-state index contributed by atoms with van der Waals surface area (Å²) in [5.41, 5.74) is 5.29.